The summed E-state index contributed by atoms with van der Waals surface area (Å²) in [6.07, 6.45) is 4.93. The third-order valence-corrected chi connectivity index (χ3v) is 2.70. The molecule has 0 unspecified atom stereocenters. The maximum absolute atomic E-state index is 10.6. The number of carbonyl (C=O) groups is 1. The molecule has 0 saturated heterocycles. The Bertz CT molecular complexity index is 546. The molecule has 1 aliphatic rings. The standard InChI is InChI=1S/C12H10N2O2/c15-7-4-9-2-1-3-10-12(9)16-8-11-13-5-6-14(10)11/h1-3,5-7H,4,8H2. The van der Waals surface area contributed by atoms with Gasteiger partial charge >= 0.3 is 0 Å². The van der Waals surface area contributed by atoms with Gasteiger partial charge in [0, 0.05) is 24.4 Å². The first-order chi connectivity index (χ1) is 7.90. The van der Waals surface area contributed by atoms with Crippen LogP contribution >= 0.6 is 0 Å². The highest BCUT2D eigenvalue weighted by Gasteiger charge is 2.19. The van der Waals surface area contributed by atoms with Crippen LogP contribution in [0.15, 0.2) is 30.6 Å². The molecule has 1 aromatic carbocycles. The second-order valence-electron chi connectivity index (χ2n) is 3.64. The number of aromatic nitrogens is 2. The molecule has 0 atom stereocenters. The molecule has 0 radical (unpaired) electrons. The summed E-state index contributed by atoms with van der Waals surface area (Å²) in [6, 6.07) is 5.80. The van der Waals surface area contributed by atoms with Gasteiger partial charge in [0.25, 0.3) is 0 Å². The Morgan fingerprint density at radius 1 is 1.50 bits per heavy atom. The van der Waals surface area contributed by atoms with Gasteiger partial charge < -0.3 is 9.53 Å². The fraction of sp³-hybridized carbons (Fsp3) is 0.167. The maximum atomic E-state index is 10.6. The summed E-state index contributed by atoms with van der Waals surface area (Å²) in [5.74, 6) is 1.68. The van der Waals surface area contributed by atoms with Crippen LogP contribution in [0.3, 0.4) is 0 Å². The van der Waals surface area contributed by atoms with E-state index >= 15 is 0 Å². The summed E-state index contributed by atoms with van der Waals surface area (Å²) in [4.78, 5) is 14.8. The molecule has 0 spiro atoms. The molecule has 0 fully saturated rings. The van der Waals surface area contributed by atoms with Crippen LogP contribution in [0.25, 0.3) is 5.69 Å². The van der Waals surface area contributed by atoms with Crippen molar-refractivity contribution in [2.24, 2.45) is 0 Å². The van der Waals surface area contributed by atoms with Gasteiger partial charge in [0.2, 0.25) is 0 Å². The van der Waals surface area contributed by atoms with Crippen molar-refractivity contribution in [3.05, 3.63) is 42.0 Å². The quantitative estimate of drug-likeness (QED) is 0.712. The van der Waals surface area contributed by atoms with Crippen molar-refractivity contribution in [3.63, 3.8) is 0 Å². The maximum Gasteiger partial charge on any atom is 0.151 e. The zero-order valence-corrected chi connectivity index (χ0v) is 8.59. The molecule has 4 heteroatoms. The van der Waals surface area contributed by atoms with E-state index in [-0.39, 0.29) is 0 Å². The van der Waals surface area contributed by atoms with Gasteiger partial charge in [0.05, 0.1) is 5.69 Å². The highest BCUT2D eigenvalue weighted by atomic mass is 16.5. The monoisotopic (exact) mass is 214 g/mol. The van der Waals surface area contributed by atoms with Crippen molar-refractivity contribution in [1.29, 1.82) is 0 Å². The normalized spacial score (nSPS) is 12.5. The lowest BCUT2D eigenvalue weighted by Gasteiger charge is -2.21. The van der Waals surface area contributed by atoms with E-state index in [2.05, 4.69) is 4.98 Å². The van der Waals surface area contributed by atoms with Crippen molar-refractivity contribution in [1.82, 2.24) is 9.55 Å². The number of para-hydroxylation sites is 1. The number of ether oxygens (including phenoxy) is 1. The molecule has 2 aromatic rings. The predicted octanol–water partition coefficient (Wildman–Crippen LogP) is 1.51. The van der Waals surface area contributed by atoms with E-state index in [9.17, 15) is 4.79 Å². The van der Waals surface area contributed by atoms with Crippen molar-refractivity contribution in [2.45, 2.75) is 13.0 Å². The minimum atomic E-state index is 0.382. The van der Waals surface area contributed by atoms with Gasteiger partial charge in [0.1, 0.15) is 18.6 Å². The van der Waals surface area contributed by atoms with Crippen LogP contribution in [0.2, 0.25) is 0 Å². The molecule has 16 heavy (non-hydrogen) atoms. The fourth-order valence-corrected chi connectivity index (χ4v) is 1.98. The lowest BCUT2D eigenvalue weighted by atomic mass is 10.1. The van der Waals surface area contributed by atoms with Gasteiger partial charge in [-0.25, -0.2) is 4.98 Å². The zero-order valence-electron chi connectivity index (χ0n) is 8.59. The molecular weight excluding hydrogens is 204 g/mol. The van der Waals surface area contributed by atoms with Crippen molar-refractivity contribution in [2.75, 3.05) is 0 Å². The fourth-order valence-electron chi connectivity index (χ4n) is 1.98. The molecule has 1 aromatic heterocycles. The lowest BCUT2D eigenvalue weighted by molar-refractivity contribution is -0.107. The first-order valence-electron chi connectivity index (χ1n) is 5.11. The average molecular weight is 214 g/mol. The summed E-state index contributed by atoms with van der Waals surface area (Å²) < 4.78 is 7.64. The Morgan fingerprint density at radius 2 is 2.44 bits per heavy atom. The molecule has 0 bridgehead atoms. The smallest absolute Gasteiger partial charge is 0.151 e. The lowest BCUT2D eigenvalue weighted by Crippen LogP contribution is -2.14. The first-order valence-corrected chi connectivity index (χ1v) is 5.11. The Balaban J connectivity index is 2.19. The van der Waals surface area contributed by atoms with Gasteiger partial charge in [-0.05, 0) is 6.07 Å². The van der Waals surface area contributed by atoms with Crippen LogP contribution in [0.4, 0.5) is 0 Å². The van der Waals surface area contributed by atoms with Crippen LogP contribution in [0, 0.1) is 0 Å². The van der Waals surface area contributed by atoms with Gasteiger partial charge in [0.15, 0.2) is 5.82 Å². The van der Waals surface area contributed by atoms with Crippen LogP contribution in [0.5, 0.6) is 5.75 Å². The molecule has 2 heterocycles. The SMILES string of the molecule is O=CCc1cccc2c1OCc1nccn1-2. The molecule has 3 rings (SSSR count). The topological polar surface area (TPSA) is 44.1 Å². The van der Waals surface area contributed by atoms with Gasteiger partial charge in [-0.3, -0.25) is 4.57 Å². The number of rotatable bonds is 2. The highest BCUT2D eigenvalue weighted by molar-refractivity contribution is 5.62. The largest absolute Gasteiger partial charge is 0.483 e. The Hall–Kier alpha value is -2.10. The van der Waals surface area contributed by atoms with E-state index in [0.717, 1.165) is 29.1 Å². The number of imidazole rings is 1. The molecule has 0 aliphatic carbocycles. The Labute approximate surface area is 92.5 Å². The molecule has 0 N–H and O–H groups in total. The summed E-state index contributed by atoms with van der Waals surface area (Å²) >= 11 is 0. The molecule has 4 nitrogen and oxygen atoms in total. The van der Waals surface area contributed by atoms with E-state index in [0.29, 0.717) is 13.0 Å². The average Bonchev–Trinajstić information content (AvgIpc) is 2.78. The molecule has 0 saturated carbocycles. The number of aldehydes is 1. The van der Waals surface area contributed by atoms with Gasteiger partial charge in [-0.2, -0.15) is 0 Å². The molecule has 80 valence electrons. The second-order valence-corrected chi connectivity index (χ2v) is 3.64. The Kier molecular flexibility index (Phi) is 1.99. The first kappa shape index (κ1) is 9.15. The molecule has 1 aliphatic heterocycles. The number of nitrogens with zero attached hydrogens (tertiary/aromatic N) is 2. The number of benzene rings is 1. The summed E-state index contributed by atoms with van der Waals surface area (Å²) in [6.45, 7) is 0.454. The zero-order chi connectivity index (χ0) is 11.0. The van der Waals surface area contributed by atoms with Crippen molar-refractivity contribution < 1.29 is 9.53 Å². The van der Waals surface area contributed by atoms with E-state index in [4.69, 9.17) is 4.74 Å². The predicted molar refractivity (Wildman–Crippen MR) is 57.7 cm³/mol. The number of hydrogen-bond donors (Lipinski definition) is 0. The summed E-state index contributed by atoms with van der Waals surface area (Å²) in [5, 5.41) is 0. The van der Waals surface area contributed by atoms with E-state index in [1.807, 2.05) is 29.0 Å². The Morgan fingerprint density at radius 3 is 3.31 bits per heavy atom. The van der Waals surface area contributed by atoms with Gasteiger partial charge in [-0.1, -0.05) is 12.1 Å². The van der Waals surface area contributed by atoms with Crippen LogP contribution < -0.4 is 4.74 Å². The highest BCUT2D eigenvalue weighted by Crippen LogP contribution is 2.32. The van der Waals surface area contributed by atoms with E-state index in [1.165, 1.54) is 0 Å². The molecule has 0 amide bonds. The van der Waals surface area contributed by atoms with E-state index in [1.54, 1.807) is 6.20 Å². The third kappa shape index (κ3) is 1.23. The number of fused-ring (bicyclic) bond motifs is 3. The minimum absolute atomic E-state index is 0.382. The number of hydrogen-bond acceptors (Lipinski definition) is 3. The van der Waals surface area contributed by atoms with E-state index < -0.39 is 0 Å². The number of carbonyl (C=O) groups excluding carboxylic acids is 1. The summed E-state index contributed by atoms with van der Waals surface area (Å²) in [5.41, 5.74) is 1.88. The summed E-state index contributed by atoms with van der Waals surface area (Å²) in [7, 11) is 0. The second kappa shape index (κ2) is 3.48. The van der Waals surface area contributed by atoms with Crippen LogP contribution in [-0.4, -0.2) is 15.8 Å². The van der Waals surface area contributed by atoms with Crippen molar-refractivity contribution >= 4 is 6.29 Å². The molecular formula is C12H10N2O2. The third-order valence-electron chi connectivity index (χ3n) is 2.70. The van der Waals surface area contributed by atoms with Gasteiger partial charge in [-0.15, -0.1) is 0 Å². The van der Waals surface area contributed by atoms with Crippen LogP contribution in [-0.2, 0) is 17.8 Å². The van der Waals surface area contributed by atoms with Crippen molar-refractivity contribution in [3.8, 4) is 11.4 Å². The minimum Gasteiger partial charge on any atom is -0.483 e. The van der Waals surface area contributed by atoms with Crippen LogP contribution in [0.1, 0.15) is 11.4 Å².